The summed E-state index contributed by atoms with van der Waals surface area (Å²) in [5.74, 6) is -0.370. The first-order valence-electron chi connectivity index (χ1n) is 6.51. The second kappa shape index (κ2) is 4.89. The van der Waals surface area contributed by atoms with Crippen LogP contribution in [0.5, 0.6) is 0 Å². The summed E-state index contributed by atoms with van der Waals surface area (Å²) in [5, 5.41) is 0. The van der Waals surface area contributed by atoms with Gasteiger partial charge in [0.15, 0.2) is 0 Å². The fourth-order valence-electron chi connectivity index (χ4n) is 2.46. The van der Waals surface area contributed by atoms with Crippen molar-refractivity contribution in [3.05, 3.63) is 59.8 Å². The number of nitrogens with zero attached hydrogens (tertiary/aromatic N) is 2. The van der Waals surface area contributed by atoms with E-state index in [9.17, 15) is 9.59 Å². The lowest BCUT2D eigenvalue weighted by Gasteiger charge is -2.14. The Balaban J connectivity index is 1.95. The summed E-state index contributed by atoms with van der Waals surface area (Å²) in [4.78, 5) is 30.0. The molecule has 0 spiro atoms. The van der Waals surface area contributed by atoms with Gasteiger partial charge in [-0.2, -0.15) is 0 Å². The number of carbonyl (C=O) groups excluding carboxylic acids is 2. The summed E-state index contributed by atoms with van der Waals surface area (Å²) >= 11 is 0. The smallest absolute Gasteiger partial charge is 0.243 e. The van der Waals surface area contributed by atoms with E-state index in [2.05, 4.69) is 4.98 Å². The zero-order valence-corrected chi connectivity index (χ0v) is 11.1. The highest BCUT2D eigenvalue weighted by molar-refractivity contribution is 6.22. The molecule has 2 aromatic rings. The maximum absolute atomic E-state index is 12.5. The van der Waals surface area contributed by atoms with Crippen LogP contribution in [-0.2, 0) is 9.59 Å². The molecule has 1 aromatic heterocycles. The molecule has 20 heavy (non-hydrogen) atoms. The van der Waals surface area contributed by atoms with E-state index in [0.717, 1.165) is 11.1 Å². The van der Waals surface area contributed by atoms with Crippen molar-refractivity contribution >= 4 is 17.6 Å². The predicted molar refractivity (Wildman–Crippen MR) is 75.3 cm³/mol. The molecule has 2 amide bonds. The number of pyridine rings is 1. The molecule has 0 saturated carbocycles. The lowest BCUT2D eigenvalue weighted by molar-refractivity contribution is -0.121. The van der Waals surface area contributed by atoms with Gasteiger partial charge >= 0.3 is 0 Å². The molecule has 1 fully saturated rings. The van der Waals surface area contributed by atoms with Gasteiger partial charge in [0.25, 0.3) is 0 Å². The van der Waals surface area contributed by atoms with Gasteiger partial charge in [0.2, 0.25) is 11.8 Å². The third-order valence-electron chi connectivity index (χ3n) is 3.48. The van der Waals surface area contributed by atoms with Gasteiger partial charge in [-0.25, -0.2) is 9.88 Å². The Morgan fingerprint density at radius 3 is 2.60 bits per heavy atom. The number of aromatic nitrogens is 1. The molecule has 1 unspecified atom stereocenters. The van der Waals surface area contributed by atoms with Crippen molar-refractivity contribution < 1.29 is 9.59 Å². The van der Waals surface area contributed by atoms with E-state index in [-0.39, 0.29) is 18.2 Å². The molecule has 4 heteroatoms. The lowest BCUT2D eigenvalue weighted by atomic mass is 9.98. The highest BCUT2D eigenvalue weighted by atomic mass is 16.2. The van der Waals surface area contributed by atoms with Crippen LogP contribution in [0, 0.1) is 6.92 Å². The Hall–Kier alpha value is -2.49. The summed E-state index contributed by atoms with van der Waals surface area (Å²) in [6.07, 6.45) is 1.82. The van der Waals surface area contributed by atoms with Gasteiger partial charge in [-0.15, -0.1) is 0 Å². The highest BCUT2D eigenvalue weighted by Gasteiger charge is 2.40. The van der Waals surface area contributed by atoms with Crippen molar-refractivity contribution in [2.75, 3.05) is 4.90 Å². The topological polar surface area (TPSA) is 50.3 Å². The second-order valence-electron chi connectivity index (χ2n) is 4.93. The average Bonchev–Trinajstić information content (AvgIpc) is 2.75. The van der Waals surface area contributed by atoms with Crippen LogP contribution in [-0.4, -0.2) is 16.8 Å². The van der Waals surface area contributed by atoms with Crippen LogP contribution in [0.4, 0.5) is 5.82 Å². The maximum Gasteiger partial charge on any atom is 0.243 e. The van der Waals surface area contributed by atoms with Crippen LogP contribution in [0.15, 0.2) is 48.7 Å². The van der Waals surface area contributed by atoms with Crippen LogP contribution in [0.2, 0.25) is 0 Å². The minimum absolute atomic E-state index is 0.193. The first-order valence-corrected chi connectivity index (χ1v) is 6.51. The summed E-state index contributed by atoms with van der Waals surface area (Å²) in [6, 6.07) is 13.0. The number of aryl methyl sites for hydroxylation is 1. The van der Waals surface area contributed by atoms with Crippen molar-refractivity contribution in [3.63, 3.8) is 0 Å². The van der Waals surface area contributed by atoms with E-state index >= 15 is 0 Å². The van der Waals surface area contributed by atoms with Crippen molar-refractivity contribution in [2.24, 2.45) is 0 Å². The zero-order valence-electron chi connectivity index (χ0n) is 11.1. The zero-order chi connectivity index (χ0) is 14.1. The Morgan fingerprint density at radius 2 is 1.90 bits per heavy atom. The largest absolute Gasteiger partial charge is 0.274 e. The third-order valence-corrected chi connectivity index (χ3v) is 3.48. The predicted octanol–water partition coefficient (Wildman–Crippen LogP) is 2.44. The first kappa shape index (κ1) is 12.5. The maximum atomic E-state index is 12.5. The summed E-state index contributed by atoms with van der Waals surface area (Å²) < 4.78 is 0. The molecule has 0 radical (unpaired) electrons. The van der Waals surface area contributed by atoms with Gasteiger partial charge in [0.05, 0.1) is 5.92 Å². The molecule has 2 heterocycles. The van der Waals surface area contributed by atoms with E-state index in [0.29, 0.717) is 5.82 Å². The van der Waals surface area contributed by atoms with E-state index < -0.39 is 5.92 Å². The number of carbonyl (C=O) groups is 2. The van der Waals surface area contributed by atoms with Gasteiger partial charge in [-0.3, -0.25) is 9.59 Å². The molecule has 0 N–H and O–H groups in total. The molecule has 1 saturated heterocycles. The quantitative estimate of drug-likeness (QED) is 0.784. The van der Waals surface area contributed by atoms with E-state index in [4.69, 9.17) is 0 Å². The second-order valence-corrected chi connectivity index (χ2v) is 4.93. The molecular weight excluding hydrogens is 252 g/mol. The molecular formula is C16H14N2O2. The number of rotatable bonds is 2. The Morgan fingerprint density at radius 1 is 1.15 bits per heavy atom. The van der Waals surface area contributed by atoms with E-state index in [1.807, 2.05) is 43.3 Å². The molecule has 100 valence electrons. The van der Waals surface area contributed by atoms with Crippen LogP contribution >= 0.6 is 0 Å². The van der Waals surface area contributed by atoms with Gasteiger partial charge in [0, 0.05) is 12.6 Å². The van der Waals surface area contributed by atoms with Crippen LogP contribution in [0.25, 0.3) is 0 Å². The summed E-state index contributed by atoms with van der Waals surface area (Å²) in [5.41, 5.74) is 1.85. The Kier molecular flexibility index (Phi) is 3.06. The number of amides is 2. The number of imide groups is 1. The Labute approximate surface area is 117 Å². The van der Waals surface area contributed by atoms with E-state index in [1.54, 1.807) is 12.3 Å². The van der Waals surface area contributed by atoms with Gasteiger partial charge in [-0.1, -0.05) is 30.3 Å². The van der Waals surface area contributed by atoms with Crippen molar-refractivity contribution in [1.29, 1.82) is 0 Å². The highest BCUT2D eigenvalue weighted by Crippen LogP contribution is 2.32. The van der Waals surface area contributed by atoms with Crippen LogP contribution in [0.3, 0.4) is 0 Å². The minimum Gasteiger partial charge on any atom is -0.274 e. The van der Waals surface area contributed by atoms with Gasteiger partial charge in [0.1, 0.15) is 5.82 Å². The molecule has 1 aliphatic heterocycles. The number of hydrogen-bond donors (Lipinski definition) is 0. The molecule has 1 aliphatic rings. The monoisotopic (exact) mass is 266 g/mol. The molecule has 4 nitrogen and oxygen atoms in total. The first-order chi connectivity index (χ1) is 9.66. The summed E-state index contributed by atoms with van der Waals surface area (Å²) in [6.45, 7) is 1.91. The number of benzene rings is 1. The van der Waals surface area contributed by atoms with E-state index in [1.165, 1.54) is 4.90 Å². The van der Waals surface area contributed by atoms with Crippen molar-refractivity contribution in [1.82, 2.24) is 4.98 Å². The van der Waals surface area contributed by atoms with Crippen molar-refractivity contribution in [2.45, 2.75) is 19.3 Å². The van der Waals surface area contributed by atoms with Crippen LogP contribution < -0.4 is 4.90 Å². The lowest BCUT2D eigenvalue weighted by Crippen LogP contribution is -2.30. The number of hydrogen-bond acceptors (Lipinski definition) is 3. The molecule has 1 atom stereocenters. The summed E-state index contributed by atoms with van der Waals surface area (Å²) in [7, 11) is 0. The van der Waals surface area contributed by atoms with Crippen molar-refractivity contribution in [3.8, 4) is 0 Å². The fraction of sp³-hybridized carbons (Fsp3) is 0.188. The molecule has 0 bridgehead atoms. The SMILES string of the molecule is Cc1ccnc(N2C(=O)CC(c3ccccc3)C2=O)c1. The molecule has 0 aliphatic carbocycles. The van der Waals surface area contributed by atoms with Gasteiger partial charge in [-0.05, 0) is 30.2 Å². The van der Waals surface area contributed by atoms with Crippen LogP contribution in [0.1, 0.15) is 23.5 Å². The molecule has 1 aromatic carbocycles. The molecule has 3 rings (SSSR count). The standard InChI is InChI=1S/C16H14N2O2/c1-11-7-8-17-14(9-11)18-15(19)10-13(16(18)20)12-5-3-2-4-6-12/h2-9,13H,10H2,1H3. The third kappa shape index (κ3) is 2.09. The number of anilines is 1. The fourth-order valence-corrected chi connectivity index (χ4v) is 2.46. The minimum atomic E-state index is -0.397. The van der Waals surface area contributed by atoms with Gasteiger partial charge < -0.3 is 0 Å². The average molecular weight is 266 g/mol. The Bertz CT molecular complexity index is 667. The normalized spacial score (nSPS) is 18.6.